The average molecular weight is 462 g/mol. The molecule has 1 amide bonds. The van der Waals surface area contributed by atoms with Crippen LogP contribution in [0.5, 0.6) is 0 Å². The van der Waals surface area contributed by atoms with E-state index in [1.165, 1.54) is 0 Å². The molecule has 10 heteroatoms. The summed E-state index contributed by atoms with van der Waals surface area (Å²) < 4.78 is 9.62. The Morgan fingerprint density at radius 2 is 1.81 bits per heavy atom. The first-order valence-corrected chi connectivity index (χ1v) is 9.87. The van der Waals surface area contributed by atoms with E-state index in [1.807, 2.05) is 36.4 Å². The van der Waals surface area contributed by atoms with Crippen LogP contribution in [0.15, 0.2) is 40.9 Å². The van der Waals surface area contributed by atoms with Crippen molar-refractivity contribution in [2.75, 3.05) is 0 Å². The second kappa shape index (κ2) is 7.92. The van der Waals surface area contributed by atoms with E-state index in [1.54, 1.807) is 6.92 Å². The number of H-pyrrole nitrogens is 1. The van der Waals surface area contributed by atoms with Crippen molar-refractivity contribution >= 4 is 52.2 Å². The molecule has 0 fully saturated rings. The first-order chi connectivity index (χ1) is 12.0. The summed E-state index contributed by atoms with van der Waals surface area (Å²) in [6.45, 7) is 1.79. The number of benzene rings is 2. The third-order valence-electron chi connectivity index (χ3n) is 3.52. The second-order valence-electron chi connectivity index (χ2n) is 5.37. The number of amides is 1. The fourth-order valence-electron chi connectivity index (χ4n) is 2.50. The molecule has 0 aliphatic carbocycles. The number of phosphoric acid groups is 1. The van der Waals surface area contributed by atoms with Gasteiger partial charge >= 0.3 is 7.82 Å². The van der Waals surface area contributed by atoms with Crippen LogP contribution < -0.4 is 5.73 Å². The van der Waals surface area contributed by atoms with Crippen LogP contribution in [0.2, 0.25) is 5.02 Å². The smallest absolute Gasteiger partial charge is 0.366 e. The number of para-hydroxylation sites is 1. The largest absolute Gasteiger partial charge is 0.466 e. The molecule has 0 aliphatic heterocycles. The molecule has 3 rings (SSSR count). The SMILES string of the molecule is Cc1c(Cl)c(Br)cc(-c2cc3ccccc3[nH]2)c1C(N)=O.O=P(O)(O)O. The van der Waals surface area contributed by atoms with Crippen LogP contribution in [0.25, 0.3) is 22.2 Å². The van der Waals surface area contributed by atoms with Crippen LogP contribution in [-0.2, 0) is 4.57 Å². The van der Waals surface area contributed by atoms with Gasteiger partial charge in [-0.15, -0.1) is 0 Å². The number of primary amides is 1. The lowest BCUT2D eigenvalue weighted by Gasteiger charge is -2.12. The van der Waals surface area contributed by atoms with Crippen molar-refractivity contribution in [3.63, 3.8) is 0 Å². The number of aromatic amines is 1. The number of nitrogens with one attached hydrogen (secondary N) is 1. The van der Waals surface area contributed by atoms with Crippen LogP contribution in [-0.4, -0.2) is 25.6 Å². The van der Waals surface area contributed by atoms with Gasteiger partial charge in [0.15, 0.2) is 0 Å². The lowest BCUT2D eigenvalue weighted by Crippen LogP contribution is -2.14. The van der Waals surface area contributed by atoms with Gasteiger partial charge in [0.2, 0.25) is 5.91 Å². The highest BCUT2D eigenvalue weighted by Crippen LogP contribution is 2.36. The molecule has 138 valence electrons. The molecule has 0 radical (unpaired) electrons. The summed E-state index contributed by atoms with van der Waals surface area (Å²) in [5.74, 6) is -0.490. The van der Waals surface area contributed by atoms with E-state index in [-0.39, 0.29) is 0 Å². The third kappa shape index (κ3) is 4.94. The predicted molar refractivity (Wildman–Crippen MR) is 104 cm³/mol. The highest BCUT2D eigenvalue weighted by molar-refractivity contribution is 9.10. The molecular weight excluding hydrogens is 447 g/mol. The Hall–Kier alpha value is -1.67. The fourth-order valence-corrected chi connectivity index (χ4v) is 3.18. The number of carbonyl (C=O) groups is 1. The number of halogens is 2. The number of nitrogens with two attached hydrogens (primary N) is 1. The maximum Gasteiger partial charge on any atom is 0.466 e. The molecule has 0 unspecified atom stereocenters. The monoisotopic (exact) mass is 460 g/mol. The molecule has 0 aliphatic rings. The summed E-state index contributed by atoms with van der Waals surface area (Å²) in [6.07, 6.45) is 0. The number of hydrogen-bond acceptors (Lipinski definition) is 2. The number of aromatic nitrogens is 1. The van der Waals surface area contributed by atoms with E-state index in [0.717, 1.165) is 26.6 Å². The number of fused-ring (bicyclic) bond motifs is 1. The summed E-state index contributed by atoms with van der Waals surface area (Å²) in [5.41, 5.74) is 9.24. The number of carbonyl (C=O) groups excluding carboxylic acids is 1. The lowest BCUT2D eigenvalue weighted by atomic mass is 9.99. The van der Waals surface area contributed by atoms with E-state index in [4.69, 9.17) is 36.6 Å². The Balaban J connectivity index is 0.000000431. The van der Waals surface area contributed by atoms with Gasteiger partial charge in [0.05, 0.1) is 10.6 Å². The number of hydrogen-bond donors (Lipinski definition) is 5. The molecule has 6 N–H and O–H groups in total. The van der Waals surface area contributed by atoms with Gasteiger partial charge in [-0.25, -0.2) is 4.57 Å². The summed E-state index contributed by atoms with van der Waals surface area (Å²) in [7, 11) is -4.64. The molecule has 26 heavy (non-hydrogen) atoms. The Morgan fingerprint density at radius 1 is 1.23 bits per heavy atom. The van der Waals surface area contributed by atoms with Crippen LogP contribution in [0, 0.1) is 6.92 Å². The minimum atomic E-state index is -4.64. The topological polar surface area (TPSA) is 137 Å². The molecule has 0 spiro atoms. The standard InChI is InChI=1S/C16H12BrClN2O.H3O4P/c1-8-14(16(19)21)10(7-11(17)15(8)18)13-6-9-4-2-3-5-12(9)20-13;1-5(2,3)4/h2-7,20H,1H3,(H2,19,21);(H3,1,2,3,4). The quantitative estimate of drug-likeness (QED) is 0.370. The van der Waals surface area contributed by atoms with Crippen molar-refractivity contribution < 1.29 is 24.0 Å². The Bertz CT molecular complexity index is 990. The molecule has 0 saturated carbocycles. The molecule has 0 saturated heterocycles. The molecule has 1 heterocycles. The zero-order valence-electron chi connectivity index (χ0n) is 13.4. The molecule has 3 aromatic rings. The predicted octanol–water partition coefficient (Wildman–Crippen LogP) is 3.73. The zero-order valence-corrected chi connectivity index (χ0v) is 16.6. The van der Waals surface area contributed by atoms with Gasteiger partial charge in [0.1, 0.15) is 0 Å². The third-order valence-corrected chi connectivity index (χ3v) is 4.86. The van der Waals surface area contributed by atoms with Crippen molar-refractivity contribution in [3.8, 4) is 11.3 Å². The maximum atomic E-state index is 11.8. The van der Waals surface area contributed by atoms with Gasteiger partial charge in [0, 0.05) is 26.6 Å². The summed E-state index contributed by atoms with van der Waals surface area (Å²) >= 11 is 9.62. The van der Waals surface area contributed by atoms with E-state index < -0.39 is 13.7 Å². The van der Waals surface area contributed by atoms with Crippen LogP contribution in [0.4, 0.5) is 0 Å². The van der Waals surface area contributed by atoms with Crippen molar-refractivity contribution in [3.05, 3.63) is 57.0 Å². The van der Waals surface area contributed by atoms with E-state index in [0.29, 0.717) is 16.1 Å². The first-order valence-electron chi connectivity index (χ1n) is 7.14. The van der Waals surface area contributed by atoms with Crippen LogP contribution >= 0.6 is 35.4 Å². The Morgan fingerprint density at radius 3 is 2.35 bits per heavy atom. The summed E-state index contributed by atoms with van der Waals surface area (Å²) in [6, 6.07) is 11.7. The van der Waals surface area contributed by atoms with Crippen LogP contribution in [0.3, 0.4) is 0 Å². The molecule has 7 nitrogen and oxygen atoms in total. The van der Waals surface area contributed by atoms with E-state index in [2.05, 4.69) is 20.9 Å². The Labute approximate surface area is 162 Å². The minimum absolute atomic E-state index is 0.440. The molecular formula is C16H15BrClN2O5P. The molecule has 0 atom stereocenters. The normalized spacial score (nSPS) is 11.2. The highest BCUT2D eigenvalue weighted by atomic mass is 79.9. The zero-order chi connectivity index (χ0) is 19.6. The molecule has 0 bridgehead atoms. The summed E-state index contributed by atoms with van der Waals surface area (Å²) in [4.78, 5) is 36.7. The molecule has 1 aromatic heterocycles. The maximum absolute atomic E-state index is 11.8. The second-order valence-corrected chi connectivity index (χ2v) is 7.63. The van der Waals surface area contributed by atoms with Gasteiger partial charge in [-0.3, -0.25) is 4.79 Å². The van der Waals surface area contributed by atoms with Gasteiger partial charge in [-0.1, -0.05) is 29.8 Å². The fraction of sp³-hybridized carbons (Fsp3) is 0.0625. The van der Waals surface area contributed by atoms with Gasteiger partial charge in [-0.2, -0.15) is 0 Å². The molecule has 2 aromatic carbocycles. The first kappa shape index (κ1) is 20.6. The Kier molecular flexibility index (Phi) is 6.29. The van der Waals surface area contributed by atoms with Crippen LogP contribution in [0.1, 0.15) is 15.9 Å². The van der Waals surface area contributed by atoms with Gasteiger partial charge in [-0.05, 0) is 46.6 Å². The van der Waals surface area contributed by atoms with Crippen molar-refractivity contribution in [2.24, 2.45) is 5.73 Å². The van der Waals surface area contributed by atoms with E-state index >= 15 is 0 Å². The van der Waals surface area contributed by atoms with Gasteiger partial charge < -0.3 is 25.4 Å². The van der Waals surface area contributed by atoms with Gasteiger partial charge in [0.25, 0.3) is 0 Å². The summed E-state index contributed by atoms with van der Waals surface area (Å²) in [5, 5.41) is 1.58. The lowest BCUT2D eigenvalue weighted by molar-refractivity contribution is 0.1000. The van der Waals surface area contributed by atoms with Crippen molar-refractivity contribution in [1.29, 1.82) is 0 Å². The van der Waals surface area contributed by atoms with E-state index in [9.17, 15) is 4.79 Å². The van der Waals surface area contributed by atoms with Crippen molar-refractivity contribution in [1.82, 2.24) is 4.98 Å². The highest BCUT2D eigenvalue weighted by Gasteiger charge is 2.19. The number of rotatable bonds is 2. The minimum Gasteiger partial charge on any atom is -0.366 e. The average Bonchev–Trinajstić information content (AvgIpc) is 2.94. The van der Waals surface area contributed by atoms with Crippen molar-refractivity contribution in [2.45, 2.75) is 6.92 Å².